The topological polar surface area (TPSA) is 72.8 Å². The van der Waals surface area contributed by atoms with Gasteiger partial charge in [0, 0.05) is 18.3 Å². The Kier molecular flexibility index (Phi) is 6.68. The molecule has 0 radical (unpaired) electrons. The largest absolute Gasteiger partial charge is 0.462 e. The van der Waals surface area contributed by atoms with Crippen LogP contribution in [0.4, 0.5) is 0 Å². The molecule has 0 spiro atoms. The number of carbonyl (C=O) groups is 2. The summed E-state index contributed by atoms with van der Waals surface area (Å²) in [6.07, 6.45) is 6.86. The highest BCUT2D eigenvalue weighted by Crippen LogP contribution is 2.43. The number of hydrogen-bond acceptors (Lipinski definition) is 5. The molecule has 5 heteroatoms. The van der Waals surface area contributed by atoms with Gasteiger partial charge in [-0.2, -0.15) is 0 Å². The highest BCUT2D eigenvalue weighted by molar-refractivity contribution is 5.89. The number of ether oxygens (including phenoxy) is 2. The van der Waals surface area contributed by atoms with Crippen molar-refractivity contribution >= 4 is 11.9 Å². The van der Waals surface area contributed by atoms with Gasteiger partial charge in [0.1, 0.15) is 12.2 Å². The van der Waals surface area contributed by atoms with Gasteiger partial charge in [0.25, 0.3) is 0 Å². The molecule has 2 fully saturated rings. The Balaban J connectivity index is 1.67. The van der Waals surface area contributed by atoms with E-state index in [1.54, 1.807) is 30.3 Å². The van der Waals surface area contributed by atoms with E-state index in [-0.39, 0.29) is 36.0 Å². The quantitative estimate of drug-likeness (QED) is 0.571. The number of rotatable bonds is 7. The van der Waals surface area contributed by atoms with Crippen LogP contribution < -0.4 is 0 Å². The second kappa shape index (κ2) is 9.20. The van der Waals surface area contributed by atoms with E-state index in [1.165, 1.54) is 5.57 Å². The average molecular weight is 384 g/mol. The Bertz CT molecular complexity index is 748. The summed E-state index contributed by atoms with van der Waals surface area (Å²) in [5.41, 5.74) is 1.73. The van der Waals surface area contributed by atoms with Crippen molar-refractivity contribution in [3.05, 3.63) is 59.7 Å². The minimum absolute atomic E-state index is 0.0118. The Morgan fingerprint density at radius 1 is 1.32 bits per heavy atom. The normalized spacial score (nSPS) is 27.3. The summed E-state index contributed by atoms with van der Waals surface area (Å²) in [7, 11) is 0. The van der Waals surface area contributed by atoms with Crippen molar-refractivity contribution in [1.82, 2.24) is 0 Å². The molecule has 28 heavy (non-hydrogen) atoms. The summed E-state index contributed by atoms with van der Waals surface area (Å²) in [5.74, 6) is -0.728. The van der Waals surface area contributed by atoms with Crippen molar-refractivity contribution in [3.63, 3.8) is 0 Å². The Labute approximate surface area is 166 Å². The number of hydrogen-bond donors (Lipinski definition) is 1. The van der Waals surface area contributed by atoms with Crippen LogP contribution in [0.2, 0.25) is 0 Å². The van der Waals surface area contributed by atoms with E-state index >= 15 is 0 Å². The Hall–Kier alpha value is -2.40. The van der Waals surface area contributed by atoms with Crippen LogP contribution >= 0.6 is 0 Å². The minimum atomic E-state index is -0.571. The first kappa shape index (κ1) is 20.3. The van der Waals surface area contributed by atoms with Crippen LogP contribution in [0, 0.1) is 11.8 Å². The molecule has 0 bridgehead atoms. The van der Waals surface area contributed by atoms with Crippen LogP contribution in [0.3, 0.4) is 0 Å². The minimum Gasteiger partial charge on any atom is -0.462 e. The van der Waals surface area contributed by atoms with Gasteiger partial charge in [-0.1, -0.05) is 42.0 Å². The van der Waals surface area contributed by atoms with Gasteiger partial charge in [-0.05, 0) is 38.8 Å². The van der Waals surface area contributed by atoms with Gasteiger partial charge < -0.3 is 14.6 Å². The molecule has 1 aliphatic carbocycles. The standard InChI is InChI=1S/C23H28O5/c1-15(2)7-6-10-17(24)11-12-18-19-13-22(25)27-21(19)14-20(18)28-23(26)16-8-4-3-5-9-16/h3-5,7-9,11-12,17-21,24H,6,10,13-14H2,1-2H3/t17-,18+,19+,20+,21-/m0/s1. The van der Waals surface area contributed by atoms with Gasteiger partial charge in [0.05, 0.1) is 18.1 Å². The molecule has 1 saturated heterocycles. The highest BCUT2D eigenvalue weighted by Gasteiger charge is 2.50. The first-order valence-corrected chi connectivity index (χ1v) is 9.89. The van der Waals surface area contributed by atoms with Crippen LogP contribution in [0.15, 0.2) is 54.1 Å². The Morgan fingerprint density at radius 2 is 2.07 bits per heavy atom. The second-order valence-corrected chi connectivity index (χ2v) is 7.83. The molecule has 1 aromatic rings. The summed E-state index contributed by atoms with van der Waals surface area (Å²) in [4.78, 5) is 24.1. The van der Waals surface area contributed by atoms with E-state index in [0.717, 1.165) is 6.42 Å². The van der Waals surface area contributed by atoms with Gasteiger partial charge in [-0.15, -0.1) is 0 Å². The fourth-order valence-electron chi connectivity index (χ4n) is 3.97. The summed E-state index contributed by atoms with van der Waals surface area (Å²) in [6, 6.07) is 8.87. The molecule has 150 valence electrons. The first-order valence-electron chi connectivity index (χ1n) is 9.89. The molecule has 1 heterocycles. The fraction of sp³-hybridized carbons (Fsp3) is 0.478. The van der Waals surface area contributed by atoms with Crippen LogP contribution in [0.1, 0.15) is 49.9 Å². The zero-order valence-corrected chi connectivity index (χ0v) is 16.4. The van der Waals surface area contributed by atoms with E-state index in [0.29, 0.717) is 24.8 Å². The molecule has 3 rings (SSSR count). The zero-order chi connectivity index (χ0) is 20.1. The molecule has 1 saturated carbocycles. The monoisotopic (exact) mass is 384 g/mol. The van der Waals surface area contributed by atoms with Crippen molar-refractivity contribution in [1.29, 1.82) is 0 Å². The maximum atomic E-state index is 12.5. The smallest absolute Gasteiger partial charge is 0.338 e. The lowest BCUT2D eigenvalue weighted by Crippen LogP contribution is -2.25. The van der Waals surface area contributed by atoms with E-state index < -0.39 is 6.10 Å². The summed E-state index contributed by atoms with van der Waals surface area (Å²) >= 11 is 0. The predicted octanol–water partition coefficient (Wildman–Crippen LogP) is 3.83. The maximum absolute atomic E-state index is 12.5. The van der Waals surface area contributed by atoms with E-state index in [9.17, 15) is 14.7 Å². The molecule has 5 atom stereocenters. The van der Waals surface area contributed by atoms with Crippen LogP contribution in [0.25, 0.3) is 0 Å². The third-order valence-corrected chi connectivity index (χ3v) is 5.39. The molecule has 2 aliphatic rings. The van der Waals surface area contributed by atoms with Crippen LogP contribution in [0.5, 0.6) is 0 Å². The molecular formula is C23H28O5. The molecule has 0 aromatic heterocycles. The van der Waals surface area contributed by atoms with Crippen molar-refractivity contribution in [3.8, 4) is 0 Å². The fourth-order valence-corrected chi connectivity index (χ4v) is 3.97. The van der Waals surface area contributed by atoms with E-state index in [2.05, 4.69) is 6.08 Å². The number of carbonyl (C=O) groups excluding carboxylic acids is 2. The van der Waals surface area contributed by atoms with Gasteiger partial charge in [0.15, 0.2) is 0 Å². The predicted molar refractivity (Wildman–Crippen MR) is 106 cm³/mol. The molecule has 5 nitrogen and oxygen atoms in total. The first-order chi connectivity index (χ1) is 13.4. The SMILES string of the molecule is CC(C)=CCC[C@H](O)C=C[C@@H]1[C@H]2CC(=O)O[C@H]2C[C@H]1OC(=O)c1ccccc1. The second-order valence-electron chi connectivity index (χ2n) is 7.83. The number of esters is 2. The third kappa shape index (κ3) is 5.10. The lowest BCUT2D eigenvalue weighted by atomic mass is 9.91. The molecule has 0 amide bonds. The number of allylic oxidation sites excluding steroid dienone is 2. The van der Waals surface area contributed by atoms with Crippen molar-refractivity contribution < 1.29 is 24.2 Å². The van der Waals surface area contributed by atoms with E-state index in [4.69, 9.17) is 9.47 Å². The van der Waals surface area contributed by atoms with Crippen LogP contribution in [-0.4, -0.2) is 35.4 Å². The number of aliphatic hydroxyl groups is 1. The van der Waals surface area contributed by atoms with Gasteiger partial charge in [-0.25, -0.2) is 4.79 Å². The third-order valence-electron chi connectivity index (χ3n) is 5.39. The van der Waals surface area contributed by atoms with Gasteiger partial charge in [-0.3, -0.25) is 4.79 Å². The van der Waals surface area contributed by atoms with Crippen molar-refractivity contribution in [2.24, 2.45) is 11.8 Å². The Morgan fingerprint density at radius 3 is 2.79 bits per heavy atom. The summed E-state index contributed by atoms with van der Waals surface area (Å²) in [6.45, 7) is 4.06. The highest BCUT2D eigenvalue weighted by atomic mass is 16.6. The lowest BCUT2D eigenvalue weighted by molar-refractivity contribution is -0.141. The zero-order valence-electron chi connectivity index (χ0n) is 16.4. The summed E-state index contributed by atoms with van der Waals surface area (Å²) in [5, 5.41) is 10.2. The van der Waals surface area contributed by atoms with E-state index in [1.807, 2.05) is 26.0 Å². The maximum Gasteiger partial charge on any atom is 0.338 e. The number of benzene rings is 1. The number of aliphatic hydroxyl groups excluding tert-OH is 1. The van der Waals surface area contributed by atoms with Crippen molar-refractivity contribution in [2.45, 2.75) is 57.8 Å². The molecular weight excluding hydrogens is 356 g/mol. The number of fused-ring (bicyclic) bond motifs is 1. The van der Waals surface area contributed by atoms with Crippen molar-refractivity contribution in [2.75, 3.05) is 0 Å². The molecule has 1 aromatic carbocycles. The summed E-state index contributed by atoms with van der Waals surface area (Å²) < 4.78 is 11.2. The molecule has 1 N–H and O–H groups in total. The van der Waals surface area contributed by atoms with Gasteiger partial charge >= 0.3 is 11.9 Å². The molecule has 1 aliphatic heterocycles. The average Bonchev–Trinajstić information content (AvgIpc) is 3.16. The van der Waals surface area contributed by atoms with Crippen LogP contribution in [-0.2, 0) is 14.3 Å². The lowest BCUT2D eigenvalue weighted by Gasteiger charge is -2.20. The van der Waals surface area contributed by atoms with Gasteiger partial charge in [0.2, 0.25) is 0 Å². The molecule has 0 unspecified atom stereocenters.